The smallest absolute Gasteiger partial charge is 0.138 e. The number of ether oxygens (including phenoxy) is 2. The van der Waals surface area contributed by atoms with Crippen LogP contribution in [0.5, 0.6) is 0 Å². The first-order valence-corrected chi connectivity index (χ1v) is 8.35. The molecule has 0 aromatic heterocycles. The summed E-state index contributed by atoms with van der Waals surface area (Å²) in [5.74, 6) is 0.933. The zero-order valence-corrected chi connectivity index (χ0v) is 12.0. The van der Waals surface area contributed by atoms with Gasteiger partial charge in [-0.05, 0) is 5.92 Å². The number of hydrogen-bond donors (Lipinski definition) is 0. The monoisotopic (exact) mass is 231 g/mol. The molecule has 0 aliphatic carbocycles. The molecule has 0 aliphatic heterocycles. The Morgan fingerprint density at radius 2 is 1.73 bits per heavy atom. The summed E-state index contributed by atoms with van der Waals surface area (Å²) in [7, 11) is 2.98. The maximum Gasteiger partial charge on any atom is 0.138 e. The molecule has 0 bridgehead atoms. The zero-order valence-electron chi connectivity index (χ0n) is 11.0. The van der Waals surface area contributed by atoms with Gasteiger partial charge < -0.3 is 9.47 Å². The van der Waals surface area contributed by atoms with E-state index in [0.29, 0.717) is 0 Å². The Hall–Kier alpha value is 0.137. The van der Waals surface area contributed by atoms with Crippen LogP contribution < -0.4 is 0 Å². The molecule has 0 N–H and O–H groups in total. The molecule has 15 heavy (non-hydrogen) atoms. The van der Waals surface area contributed by atoms with E-state index in [1.807, 2.05) is 0 Å². The fourth-order valence-corrected chi connectivity index (χ4v) is 4.39. The third-order valence-electron chi connectivity index (χ3n) is 2.98. The fraction of sp³-hybridized carbons (Fsp3) is 1.00. The molecule has 0 aliphatic rings. The molecule has 0 rings (SSSR count). The van der Waals surface area contributed by atoms with Gasteiger partial charge in [0.2, 0.25) is 0 Å². The first-order valence-electron chi connectivity index (χ1n) is 6.07. The third kappa shape index (κ3) is 6.33. The summed E-state index contributed by atoms with van der Waals surface area (Å²) in [6.45, 7) is 6.87. The molecule has 0 aromatic rings. The lowest BCUT2D eigenvalue weighted by atomic mass is 10.0. The standard InChI is InChI=1S/C12H27O2Si/c1-6-8-9-11(7-2)10-15(5)12(13-3)14-4/h11-12H,6-10H2,1-5H3. The van der Waals surface area contributed by atoms with Gasteiger partial charge in [0.15, 0.2) is 0 Å². The minimum atomic E-state index is -0.515. The fourth-order valence-electron chi connectivity index (χ4n) is 1.99. The van der Waals surface area contributed by atoms with Crippen molar-refractivity contribution in [2.75, 3.05) is 14.2 Å². The van der Waals surface area contributed by atoms with Gasteiger partial charge in [-0.1, -0.05) is 52.1 Å². The Kier molecular flexibility index (Phi) is 9.45. The molecular formula is C12H27O2Si. The largest absolute Gasteiger partial charge is 0.360 e. The van der Waals surface area contributed by atoms with Gasteiger partial charge in [0, 0.05) is 14.2 Å². The molecule has 3 heteroatoms. The van der Waals surface area contributed by atoms with Gasteiger partial charge in [0.1, 0.15) is 14.7 Å². The second kappa shape index (κ2) is 9.37. The summed E-state index contributed by atoms with van der Waals surface area (Å²) < 4.78 is 10.7. The van der Waals surface area contributed by atoms with E-state index in [1.165, 1.54) is 31.7 Å². The first-order chi connectivity index (χ1) is 7.19. The topological polar surface area (TPSA) is 18.5 Å². The van der Waals surface area contributed by atoms with Gasteiger partial charge in [-0.15, -0.1) is 0 Å². The van der Waals surface area contributed by atoms with Crippen LogP contribution in [0.1, 0.15) is 39.5 Å². The van der Waals surface area contributed by atoms with Crippen molar-refractivity contribution in [2.24, 2.45) is 5.92 Å². The molecular weight excluding hydrogens is 204 g/mol. The highest BCUT2D eigenvalue weighted by molar-refractivity contribution is 6.58. The summed E-state index contributed by atoms with van der Waals surface area (Å²) >= 11 is 0. The second-order valence-electron chi connectivity index (χ2n) is 4.27. The van der Waals surface area contributed by atoms with Gasteiger partial charge in [-0.3, -0.25) is 0 Å². The van der Waals surface area contributed by atoms with Crippen LogP contribution in [-0.4, -0.2) is 28.9 Å². The molecule has 1 atom stereocenters. The lowest BCUT2D eigenvalue weighted by Gasteiger charge is -2.23. The molecule has 0 aromatic carbocycles. The highest BCUT2D eigenvalue weighted by atomic mass is 28.3. The van der Waals surface area contributed by atoms with Gasteiger partial charge in [0.25, 0.3) is 0 Å². The van der Waals surface area contributed by atoms with E-state index in [0.717, 1.165) is 5.92 Å². The summed E-state index contributed by atoms with van der Waals surface area (Å²) in [6.07, 6.45) is 5.33. The molecule has 0 heterocycles. The first kappa shape index (κ1) is 15.1. The quantitative estimate of drug-likeness (QED) is 0.447. The Balaban J connectivity index is 3.92. The van der Waals surface area contributed by atoms with Gasteiger partial charge in [-0.25, -0.2) is 0 Å². The minimum Gasteiger partial charge on any atom is -0.360 e. The summed E-state index contributed by atoms with van der Waals surface area (Å²) in [5, 5.41) is 0. The van der Waals surface area contributed by atoms with Crippen molar-refractivity contribution in [3.05, 3.63) is 0 Å². The Labute approximate surface area is 97.0 Å². The van der Waals surface area contributed by atoms with Gasteiger partial charge in [0.05, 0.1) is 0 Å². The Morgan fingerprint density at radius 3 is 2.13 bits per heavy atom. The van der Waals surface area contributed by atoms with E-state index >= 15 is 0 Å². The molecule has 1 unspecified atom stereocenters. The SMILES string of the molecule is CCCCC(CC)C[Si](C)C(OC)OC. The number of unbranched alkanes of at least 4 members (excludes halogenated alkanes) is 1. The van der Waals surface area contributed by atoms with Crippen LogP contribution in [0.25, 0.3) is 0 Å². The molecule has 0 saturated heterocycles. The van der Waals surface area contributed by atoms with Crippen LogP contribution in [0.15, 0.2) is 0 Å². The Bertz CT molecular complexity index is 138. The van der Waals surface area contributed by atoms with Crippen molar-refractivity contribution >= 4 is 8.80 Å². The maximum absolute atomic E-state index is 5.33. The van der Waals surface area contributed by atoms with Crippen LogP contribution in [0.4, 0.5) is 0 Å². The van der Waals surface area contributed by atoms with Crippen LogP contribution in [0, 0.1) is 5.92 Å². The van der Waals surface area contributed by atoms with E-state index < -0.39 is 8.80 Å². The zero-order chi connectivity index (χ0) is 11.7. The summed E-state index contributed by atoms with van der Waals surface area (Å²) in [4.78, 5) is 0. The van der Waals surface area contributed by atoms with Gasteiger partial charge >= 0.3 is 0 Å². The van der Waals surface area contributed by atoms with E-state index in [1.54, 1.807) is 14.2 Å². The molecule has 0 spiro atoms. The molecule has 0 fully saturated rings. The minimum absolute atomic E-state index is 0.0608. The van der Waals surface area contributed by atoms with Crippen molar-refractivity contribution in [3.63, 3.8) is 0 Å². The van der Waals surface area contributed by atoms with E-state index in [2.05, 4.69) is 20.4 Å². The third-order valence-corrected chi connectivity index (χ3v) is 5.48. The molecule has 91 valence electrons. The van der Waals surface area contributed by atoms with Crippen LogP contribution in [0.3, 0.4) is 0 Å². The van der Waals surface area contributed by atoms with Crippen LogP contribution in [-0.2, 0) is 9.47 Å². The average molecular weight is 231 g/mol. The lowest BCUT2D eigenvalue weighted by molar-refractivity contribution is -0.0472. The second-order valence-corrected chi connectivity index (χ2v) is 6.84. The van der Waals surface area contributed by atoms with Crippen molar-refractivity contribution in [1.29, 1.82) is 0 Å². The summed E-state index contributed by atoms with van der Waals surface area (Å²) in [5.41, 5.74) is 0. The number of methoxy groups -OCH3 is 2. The summed E-state index contributed by atoms with van der Waals surface area (Å²) in [6, 6.07) is 1.31. The maximum atomic E-state index is 5.33. The average Bonchev–Trinajstić information content (AvgIpc) is 2.25. The van der Waals surface area contributed by atoms with Crippen LogP contribution in [0.2, 0.25) is 12.6 Å². The van der Waals surface area contributed by atoms with Gasteiger partial charge in [-0.2, -0.15) is 0 Å². The predicted molar refractivity (Wildman–Crippen MR) is 67.5 cm³/mol. The molecule has 1 radical (unpaired) electrons. The highest BCUT2D eigenvalue weighted by Crippen LogP contribution is 2.21. The lowest BCUT2D eigenvalue weighted by Crippen LogP contribution is -2.33. The van der Waals surface area contributed by atoms with Crippen molar-refractivity contribution < 1.29 is 9.47 Å². The number of rotatable bonds is 9. The predicted octanol–water partition coefficient (Wildman–Crippen LogP) is 3.49. The van der Waals surface area contributed by atoms with E-state index in [4.69, 9.17) is 9.47 Å². The highest BCUT2D eigenvalue weighted by Gasteiger charge is 2.21. The molecule has 0 amide bonds. The molecule has 2 nitrogen and oxygen atoms in total. The normalized spacial score (nSPS) is 13.8. The van der Waals surface area contributed by atoms with Crippen molar-refractivity contribution in [2.45, 2.75) is 58.0 Å². The van der Waals surface area contributed by atoms with Crippen LogP contribution >= 0.6 is 0 Å². The Morgan fingerprint density at radius 1 is 1.13 bits per heavy atom. The number of hydrogen-bond acceptors (Lipinski definition) is 2. The van der Waals surface area contributed by atoms with E-state index in [9.17, 15) is 0 Å². The van der Waals surface area contributed by atoms with Crippen molar-refractivity contribution in [1.82, 2.24) is 0 Å². The van der Waals surface area contributed by atoms with E-state index in [-0.39, 0.29) is 5.91 Å². The molecule has 0 saturated carbocycles. The van der Waals surface area contributed by atoms with Crippen molar-refractivity contribution in [3.8, 4) is 0 Å².